The smallest absolute Gasteiger partial charge is 0.224 e. The highest BCUT2D eigenvalue weighted by atomic mass is 16.7. The van der Waals surface area contributed by atoms with Crippen LogP contribution in [0, 0.1) is 0 Å². The Labute approximate surface area is 330 Å². The molecule has 1 aliphatic heterocycles. The Bertz CT molecular complexity index is 2000. The van der Waals surface area contributed by atoms with Crippen LogP contribution in [-0.4, -0.2) is 41.5 Å². The lowest BCUT2D eigenvalue weighted by molar-refractivity contribution is -0.252. The number of rotatable bonds is 18. The maximum Gasteiger partial charge on any atom is 0.224 e. The number of aliphatic hydroxyl groups excluding tert-OH is 1. The Kier molecular flexibility index (Phi) is 14.8. The lowest BCUT2D eigenvalue weighted by Crippen LogP contribution is -2.37. The van der Waals surface area contributed by atoms with Crippen molar-refractivity contribution >= 4 is 23.2 Å². The zero-order valence-corrected chi connectivity index (χ0v) is 32.2. The van der Waals surface area contributed by atoms with Gasteiger partial charge in [-0.05, 0) is 77.5 Å². The van der Waals surface area contributed by atoms with Crippen LogP contribution in [0.1, 0.15) is 85.2 Å². The minimum atomic E-state index is -0.561. The van der Waals surface area contributed by atoms with Crippen molar-refractivity contribution in [3.05, 3.63) is 155 Å². The van der Waals surface area contributed by atoms with E-state index in [0.717, 1.165) is 72.2 Å². The molecule has 0 radical (unpaired) electrons. The van der Waals surface area contributed by atoms with Crippen molar-refractivity contribution in [2.45, 2.75) is 83.1 Å². The monoisotopic (exact) mass is 754 g/mol. The predicted molar refractivity (Wildman–Crippen MR) is 222 cm³/mol. The van der Waals surface area contributed by atoms with E-state index in [1.54, 1.807) is 12.1 Å². The number of ether oxygens (including phenoxy) is 2. The van der Waals surface area contributed by atoms with E-state index < -0.39 is 6.29 Å². The maximum absolute atomic E-state index is 12.7. The van der Waals surface area contributed by atoms with Crippen LogP contribution in [0.2, 0.25) is 0 Å². The number of amides is 2. The van der Waals surface area contributed by atoms with Gasteiger partial charge < -0.3 is 30.9 Å². The van der Waals surface area contributed by atoms with Crippen LogP contribution < -0.4 is 16.4 Å². The summed E-state index contributed by atoms with van der Waals surface area (Å²) in [5.41, 5.74) is 14.3. The summed E-state index contributed by atoms with van der Waals surface area (Å²) in [6, 6.07) is 42.2. The lowest BCUT2D eigenvalue weighted by Gasteiger charge is -2.38. The normalized spacial score (nSPS) is 16.7. The fourth-order valence-corrected chi connectivity index (χ4v) is 7.10. The van der Waals surface area contributed by atoms with Crippen LogP contribution in [0.15, 0.2) is 127 Å². The highest BCUT2D eigenvalue weighted by Gasteiger charge is 2.33. The molecule has 1 heterocycles. The second kappa shape index (κ2) is 20.6. The third kappa shape index (κ3) is 12.1. The number of nitrogens with two attached hydrogens (primary N) is 1. The van der Waals surface area contributed by atoms with Gasteiger partial charge in [0.15, 0.2) is 6.29 Å². The standard InChI is InChI=1S/C47H54N4O5/c1-51(31-34-13-5-4-6-14-34)32-41-29-44(37-25-23-35(33-52)24-26-37)56-47(55-41)40-18-12-17-39(28-40)38-16-11-15-36(27-38)30-49-45(53)21-7-2-3-8-22-46(54)50-43-20-10-9-19-42(43)48/h4-6,9-20,23-28,41,44,47,52H,2-3,7-8,21-22,29-33,48H2,1H3,(H,49,53)(H,50,54). The summed E-state index contributed by atoms with van der Waals surface area (Å²) in [6.07, 6.45) is 4.10. The minimum absolute atomic E-state index is 0.00175. The number of likely N-dealkylation sites (N-methyl/N-ethyl adjacent to an activating group) is 1. The summed E-state index contributed by atoms with van der Waals surface area (Å²) >= 11 is 0. The van der Waals surface area contributed by atoms with Crippen molar-refractivity contribution in [2.75, 3.05) is 24.6 Å². The number of aliphatic hydroxyl groups is 1. The first-order chi connectivity index (χ1) is 27.3. The van der Waals surface area contributed by atoms with Crippen molar-refractivity contribution in [1.29, 1.82) is 0 Å². The molecular weight excluding hydrogens is 701 g/mol. The summed E-state index contributed by atoms with van der Waals surface area (Å²) in [7, 11) is 2.12. The van der Waals surface area contributed by atoms with Gasteiger partial charge in [-0.15, -0.1) is 0 Å². The van der Waals surface area contributed by atoms with Gasteiger partial charge in [-0.2, -0.15) is 0 Å². The molecule has 5 aromatic rings. The highest BCUT2D eigenvalue weighted by Crippen LogP contribution is 2.39. The highest BCUT2D eigenvalue weighted by molar-refractivity contribution is 5.93. The largest absolute Gasteiger partial charge is 0.397 e. The number of carbonyl (C=O) groups is 2. The van der Waals surface area contributed by atoms with Gasteiger partial charge in [0.2, 0.25) is 11.8 Å². The number of unbranched alkanes of at least 4 members (excludes halogenated alkanes) is 3. The molecule has 1 fully saturated rings. The van der Waals surface area contributed by atoms with Crippen LogP contribution >= 0.6 is 0 Å². The van der Waals surface area contributed by atoms with E-state index in [0.29, 0.717) is 37.2 Å². The summed E-state index contributed by atoms with van der Waals surface area (Å²) in [6.45, 7) is 2.01. The summed E-state index contributed by atoms with van der Waals surface area (Å²) in [5.74, 6) is -0.0295. The van der Waals surface area contributed by atoms with Crippen LogP contribution in [0.5, 0.6) is 0 Å². The van der Waals surface area contributed by atoms with Crippen LogP contribution in [-0.2, 0) is 38.8 Å². The first-order valence-electron chi connectivity index (χ1n) is 19.7. The van der Waals surface area contributed by atoms with Gasteiger partial charge in [0.05, 0.1) is 30.2 Å². The molecule has 0 bridgehead atoms. The number of nitrogens with zero attached hydrogens (tertiary/aromatic N) is 1. The average molecular weight is 755 g/mol. The second-order valence-electron chi connectivity index (χ2n) is 14.7. The molecule has 1 saturated heterocycles. The zero-order chi connectivity index (χ0) is 39.1. The van der Waals surface area contributed by atoms with Crippen LogP contribution in [0.4, 0.5) is 11.4 Å². The average Bonchev–Trinajstić information content (AvgIpc) is 3.22. The summed E-state index contributed by atoms with van der Waals surface area (Å²) in [5, 5.41) is 15.5. The Morgan fingerprint density at radius 1 is 0.714 bits per heavy atom. The number of hydrogen-bond acceptors (Lipinski definition) is 7. The Morgan fingerprint density at radius 3 is 2.14 bits per heavy atom. The van der Waals surface area contributed by atoms with Crippen molar-refractivity contribution < 1.29 is 24.2 Å². The molecule has 292 valence electrons. The lowest BCUT2D eigenvalue weighted by atomic mass is 9.98. The quantitative estimate of drug-likeness (QED) is 0.0521. The van der Waals surface area contributed by atoms with Gasteiger partial charge in [0, 0.05) is 44.5 Å². The predicted octanol–water partition coefficient (Wildman–Crippen LogP) is 8.70. The molecule has 3 atom stereocenters. The molecule has 5 aromatic carbocycles. The van der Waals surface area contributed by atoms with E-state index in [1.165, 1.54) is 5.56 Å². The third-order valence-electron chi connectivity index (χ3n) is 10.1. The van der Waals surface area contributed by atoms with Crippen molar-refractivity contribution in [1.82, 2.24) is 10.2 Å². The van der Waals surface area contributed by atoms with E-state index in [1.807, 2.05) is 60.7 Å². The molecule has 0 aliphatic carbocycles. The second-order valence-corrected chi connectivity index (χ2v) is 14.7. The molecular formula is C47H54N4O5. The topological polar surface area (TPSA) is 126 Å². The number of para-hydroxylation sites is 2. The summed E-state index contributed by atoms with van der Waals surface area (Å²) in [4.78, 5) is 27.2. The molecule has 0 aromatic heterocycles. The Hall–Kier alpha value is -5.32. The maximum atomic E-state index is 12.7. The van der Waals surface area contributed by atoms with Crippen molar-refractivity contribution in [2.24, 2.45) is 0 Å². The van der Waals surface area contributed by atoms with Gasteiger partial charge in [-0.3, -0.25) is 14.5 Å². The van der Waals surface area contributed by atoms with E-state index in [9.17, 15) is 14.7 Å². The number of nitrogens with one attached hydrogen (secondary N) is 2. The summed E-state index contributed by atoms with van der Waals surface area (Å²) < 4.78 is 13.3. The molecule has 1 aliphatic rings. The van der Waals surface area contributed by atoms with Gasteiger partial charge >= 0.3 is 0 Å². The van der Waals surface area contributed by atoms with Crippen LogP contribution in [0.3, 0.4) is 0 Å². The first kappa shape index (κ1) is 40.3. The number of anilines is 2. The van der Waals surface area contributed by atoms with Gasteiger partial charge in [0.25, 0.3) is 0 Å². The number of benzene rings is 5. The van der Waals surface area contributed by atoms with Crippen molar-refractivity contribution in [3.63, 3.8) is 0 Å². The molecule has 9 heteroatoms. The molecule has 56 heavy (non-hydrogen) atoms. The molecule has 0 saturated carbocycles. The Morgan fingerprint density at radius 2 is 1.39 bits per heavy atom. The molecule has 5 N–H and O–H groups in total. The fraction of sp³-hybridized carbons (Fsp3) is 0.319. The molecule has 2 amide bonds. The van der Waals surface area contributed by atoms with Crippen molar-refractivity contribution in [3.8, 4) is 11.1 Å². The third-order valence-corrected chi connectivity index (χ3v) is 10.1. The molecule has 9 nitrogen and oxygen atoms in total. The molecule has 6 rings (SSSR count). The number of nitrogen functional groups attached to an aromatic ring is 1. The first-order valence-corrected chi connectivity index (χ1v) is 19.7. The van der Waals surface area contributed by atoms with E-state index in [-0.39, 0.29) is 30.6 Å². The molecule has 0 spiro atoms. The van der Waals surface area contributed by atoms with Gasteiger partial charge in [0.1, 0.15) is 0 Å². The van der Waals surface area contributed by atoms with E-state index in [2.05, 4.69) is 77.2 Å². The van der Waals surface area contributed by atoms with Gasteiger partial charge in [-0.1, -0.05) is 116 Å². The Balaban J connectivity index is 1.01. The van der Waals surface area contributed by atoms with E-state index in [4.69, 9.17) is 15.2 Å². The zero-order valence-electron chi connectivity index (χ0n) is 32.2. The van der Waals surface area contributed by atoms with Gasteiger partial charge in [-0.25, -0.2) is 0 Å². The number of hydrogen-bond donors (Lipinski definition) is 4. The SMILES string of the molecule is CN(Cc1ccccc1)CC1CC(c2ccc(CO)cc2)OC(c2cccc(-c3cccc(CNC(=O)CCCCCCC(=O)Nc4ccccc4N)c3)c2)O1. The molecule has 3 unspecified atom stereocenters. The van der Waals surface area contributed by atoms with E-state index >= 15 is 0 Å². The minimum Gasteiger partial charge on any atom is -0.397 e. The fourth-order valence-electron chi connectivity index (χ4n) is 7.10. The van der Waals surface area contributed by atoms with Crippen LogP contribution in [0.25, 0.3) is 11.1 Å². The number of carbonyl (C=O) groups excluding carboxylic acids is 2.